The number of amides is 1. The van der Waals surface area contributed by atoms with Gasteiger partial charge < -0.3 is 10.1 Å². The molecule has 2 atom stereocenters. The molecule has 0 saturated heterocycles. The first-order valence-corrected chi connectivity index (χ1v) is 10.1. The topological polar surface area (TPSA) is 38.3 Å². The second-order valence-corrected chi connectivity index (χ2v) is 7.73. The maximum absolute atomic E-state index is 12.7. The molecule has 0 aromatic heterocycles. The standard InChI is InChI=1S/C24H31NO2/c1-5-23(22-13-10-16(2)14-17(22)3)25-24(26)18(4)27-21-12-11-19-8-6-7-9-20(19)15-21/h10-15,18,23H,5-9H2,1-4H3,(H,25,26)/t18-,23-/m0/s1. The van der Waals surface area contributed by atoms with Crippen LogP contribution in [0.2, 0.25) is 0 Å². The van der Waals surface area contributed by atoms with Crippen LogP contribution in [0.3, 0.4) is 0 Å². The van der Waals surface area contributed by atoms with Crippen molar-refractivity contribution >= 4 is 5.91 Å². The minimum absolute atomic E-state index is 0.00711. The highest BCUT2D eigenvalue weighted by Crippen LogP contribution is 2.26. The van der Waals surface area contributed by atoms with E-state index in [1.807, 2.05) is 13.0 Å². The summed E-state index contributed by atoms with van der Waals surface area (Å²) < 4.78 is 5.96. The fraction of sp³-hybridized carbons (Fsp3) is 0.458. The van der Waals surface area contributed by atoms with E-state index in [-0.39, 0.29) is 11.9 Å². The van der Waals surface area contributed by atoms with Crippen LogP contribution >= 0.6 is 0 Å². The first kappa shape index (κ1) is 19.5. The van der Waals surface area contributed by atoms with Gasteiger partial charge in [0, 0.05) is 0 Å². The average molecular weight is 366 g/mol. The van der Waals surface area contributed by atoms with Crippen LogP contribution in [0.4, 0.5) is 0 Å². The molecule has 0 unspecified atom stereocenters. The third kappa shape index (κ3) is 4.71. The fourth-order valence-corrected chi connectivity index (χ4v) is 3.95. The van der Waals surface area contributed by atoms with Gasteiger partial charge in [-0.25, -0.2) is 0 Å². The number of carbonyl (C=O) groups excluding carboxylic acids is 1. The number of aryl methyl sites for hydroxylation is 4. The molecule has 3 heteroatoms. The zero-order chi connectivity index (χ0) is 19.4. The minimum Gasteiger partial charge on any atom is -0.481 e. The Morgan fingerprint density at radius 2 is 1.81 bits per heavy atom. The first-order valence-electron chi connectivity index (χ1n) is 10.1. The molecular formula is C24H31NO2. The van der Waals surface area contributed by atoms with E-state index in [0.717, 1.165) is 25.0 Å². The van der Waals surface area contributed by atoms with Gasteiger partial charge in [0.1, 0.15) is 5.75 Å². The summed E-state index contributed by atoms with van der Waals surface area (Å²) in [6, 6.07) is 12.6. The Bertz CT molecular complexity index is 812. The first-order chi connectivity index (χ1) is 13.0. The molecule has 3 rings (SSSR count). The van der Waals surface area contributed by atoms with Gasteiger partial charge in [-0.1, -0.05) is 36.8 Å². The molecule has 0 spiro atoms. The van der Waals surface area contributed by atoms with Gasteiger partial charge in [-0.05, 0) is 87.3 Å². The maximum atomic E-state index is 12.7. The Labute approximate surface area is 163 Å². The predicted octanol–water partition coefficient (Wildman–Crippen LogP) is 5.22. The molecule has 0 saturated carbocycles. The van der Waals surface area contributed by atoms with Crippen molar-refractivity contribution in [2.45, 2.75) is 71.9 Å². The summed E-state index contributed by atoms with van der Waals surface area (Å²) in [6.07, 6.45) is 5.09. The highest BCUT2D eigenvalue weighted by molar-refractivity contribution is 5.81. The number of benzene rings is 2. The molecule has 1 amide bonds. The van der Waals surface area contributed by atoms with E-state index in [4.69, 9.17) is 4.74 Å². The van der Waals surface area contributed by atoms with Crippen LogP contribution < -0.4 is 10.1 Å². The lowest BCUT2D eigenvalue weighted by molar-refractivity contribution is -0.128. The third-order valence-corrected chi connectivity index (χ3v) is 5.53. The van der Waals surface area contributed by atoms with Crippen LogP contribution in [0.1, 0.15) is 67.0 Å². The quantitative estimate of drug-likeness (QED) is 0.762. The molecule has 3 nitrogen and oxygen atoms in total. The van der Waals surface area contributed by atoms with Crippen molar-refractivity contribution in [2.75, 3.05) is 0 Å². The van der Waals surface area contributed by atoms with Gasteiger partial charge in [-0.2, -0.15) is 0 Å². The maximum Gasteiger partial charge on any atom is 0.261 e. The third-order valence-electron chi connectivity index (χ3n) is 5.53. The molecule has 2 aromatic carbocycles. The van der Waals surface area contributed by atoms with Crippen molar-refractivity contribution in [2.24, 2.45) is 0 Å². The van der Waals surface area contributed by atoms with E-state index in [1.165, 1.54) is 40.7 Å². The second kappa shape index (κ2) is 8.60. The molecule has 144 valence electrons. The van der Waals surface area contributed by atoms with Crippen molar-refractivity contribution in [3.05, 3.63) is 64.2 Å². The molecule has 0 heterocycles. The summed E-state index contributed by atoms with van der Waals surface area (Å²) in [5.74, 6) is 0.720. The van der Waals surface area contributed by atoms with Gasteiger partial charge in [0.05, 0.1) is 6.04 Å². The molecule has 1 aliphatic carbocycles. The molecule has 27 heavy (non-hydrogen) atoms. The summed E-state index contributed by atoms with van der Waals surface area (Å²) in [4.78, 5) is 12.7. The average Bonchev–Trinajstić information content (AvgIpc) is 2.66. The lowest BCUT2D eigenvalue weighted by Gasteiger charge is -2.23. The Balaban J connectivity index is 1.65. The molecule has 1 N–H and O–H groups in total. The zero-order valence-electron chi connectivity index (χ0n) is 17.0. The molecule has 0 radical (unpaired) electrons. The van der Waals surface area contributed by atoms with Crippen LogP contribution in [0.5, 0.6) is 5.75 Å². The van der Waals surface area contributed by atoms with Crippen LogP contribution in [0.25, 0.3) is 0 Å². The van der Waals surface area contributed by atoms with E-state index in [1.54, 1.807) is 0 Å². The normalized spacial score (nSPS) is 15.6. The van der Waals surface area contributed by atoms with Gasteiger partial charge in [0.2, 0.25) is 0 Å². The lowest BCUT2D eigenvalue weighted by atomic mass is 9.92. The van der Waals surface area contributed by atoms with Crippen LogP contribution in [0, 0.1) is 13.8 Å². The smallest absolute Gasteiger partial charge is 0.261 e. The van der Waals surface area contributed by atoms with Crippen molar-refractivity contribution < 1.29 is 9.53 Å². The minimum atomic E-state index is -0.522. The van der Waals surface area contributed by atoms with Gasteiger partial charge in [-0.3, -0.25) is 4.79 Å². The van der Waals surface area contributed by atoms with Gasteiger partial charge >= 0.3 is 0 Å². The van der Waals surface area contributed by atoms with E-state index >= 15 is 0 Å². The number of nitrogens with one attached hydrogen (secondary N) is 1. The number of hydrogen-bond acceptors (Lipinski definition) is 2. The molecular weight excluding hydrogens is 334 g/mol. The number of fused-ring (bicyclic) bond motifs is 1. The summed E-state index contributed by atoms with van der Waals surface area (Å²) in [6.45, 7) is 8.11. The lowest BCUT2D eigenvalue weighted by Crippen LogP contribution is -2.38. The number of carbonyl (C=O) groups is 1. The fourth-order valence-electron chi connectivity index (χ4n) is 3.95. The zero-order valence-corrected chi connectivity index (χ0v) is 17.0. The van der Waals surface area contributed by atoms with Crippen LogP contribution in [-0.4, -0.2) is 12.0 Å². The molecule has 0 aliphatic heterocycles. The summed E-state index contributed by atoms with van der Waals surface area (Å²) in [5.41, 5.74) is 6.42. The van der Waals surface area contributed by atoms with Crippen molar-refractivity contribution in [1.82, 2.24) is 5.32 Å². The van der Waals surface area contributed by atoms with Crippen molar-refractivity contribution in [3.8, 4) is 5.75 Å². The molecule has 0 bridgehead atoms. The molecule has 0 fully saturated rings. The Hall–Kier alpha value is -2.29. The van der Waals surface area contributed by atoms with Gasteiger partial charge in [-0.15, -0.1) is 0 Å². The monoisotopic (exact) mass is 365 g/mol. The highest BCUT2D eigenvalue weighted by Gasteiger charge is 2.21. The van der Waals surface area contributed by atoms with Crippen molar-refractivity contribution in [1.29, 1.82) is 0 Å². The molecule has 1 aliphatic rings. The van der Waals surface area contributed by atoms with E-state index < -0.39 is 6.10 Å². The molecule has 2 aromatic rings. The summed E-state index contributed by atoms with van der Waals surface area (Å²) in [7, 11) is 0. The highest BCUT2D eigenvalue weighted by atomic mass is 16.5. The van der Waals surface area contributed by atoms with Crippen LogP contribution in [0.15, 0.2) is 36.4 Å². The van der Waals surface area contributed by atoms with Crippen molar-refractivity contribution in [3.63, 3.8) is 0 Å². The van der Waals surface area contributed by atoms with E-state index in [9.17, 15) is 4.79 Å². The Morgan fingerprint density at radius 1 is 1.07 bits per heavy atom. The van der Waals surface area contributed by atoms with Crippen LogP contribution in [-0.2, 0) is 17.6 Å². The summed E-state index contributed by atoms with van der Waals surface area (Å²) >= 11 is 0. The Morgan fingerprint density at radius 3 is 2.52 bits per heavy atom. The largest absolute Gasteiger partial charge is 0.481 e. The van der Waals surface area contributed by atoms with Gasteiger partial charge in [0.25, 0.3) is 5.91 Å². The SMILES string of the molecule is CC[C@H](NC(=O)[C@H](C)Oc1ccc2c(c1)CCCC2)c1ccc(C)cc1C. The number of ether oxygens (including phenoxy) is 1. The predicted molar refractivity (Wildman–Crippen MR) is 110 cm³/mol. The number of rotatable bonds is 6. The Kier molecular flexibility index (Phi) is 6.20. The van der Waals surface area contributed by atoms with Gasteiger partial charge in [0.15, 0.2) is 6.10 Å². The number of hydrogen-bond donors (Lipinski definition) is 1. The van der Waals surface area contributed by atoms with E-state index in [2.05, 4.69) is 56.4 Å². The second-order valence-electron chi connectivity index (χ2n) is 7.73. The summed E-state index contributed by atoms with van der Waals surface area (Å²) in [5, 5.41) is 3.16. The van der Waals surface area contributed by atoms with E-state index in [0.29, 0.717) is 0 Å².